The van der Waals surface area contributed by atoms with Crippen molar-refractivity contribution in [2.24, 2.45) is 5.90 Å². The van der Waals surface area contributed by atoms with Crippen molar-refractivity contribution in [3.05, 3.63) is 12.7 Å². The van der Waals surface area contributed by atoms with E-state index in [0.717, 1.165) is 6.08 Å². The van der Waals surface area contributed by atoms with Crippen LogP contribution in [0.15, 0.2) is 12.7 Å². The Labute approximate surface area is 57.7 Å². The van der Waals surface area contributed by atoms with Crippen LogP contribution in [0.5, 0.6) is 0 Å². The quantitative estimate of drug-likeness (QED) is 0.285. The summed E-state index contributed by atoms with van der Waals surface area (Å²) in [5, 5.41) is 14.4. The highest BCUT2D eigenvalue weighted by molar-refractivity contribution is 6.00. The number of hydrogen-bond acceptors (Lipinski definition) is 4. The summed E-state index contributed by atoms with van der Waals surface area (Å²) >= 11 is 0. The molecule has 0 rings (SSSR count). The first kappa shape index (κ1) is 11.6. The summed E-state index contributed by atoms with van der Waals surface area (Å²) < 4.78 is 0. The van der Waals surface area contributed by atoms with E-state index in [-0.39, 0.29) is 0 Å². The Balaban J connectivity index is 0. The molecule has 5 heteroatoms. The van der Waals surface area contributed by atoms with Gasteiger partial charge in [0.15, 0.2) is 5.78 Å². The van der Waals surface area contributed by atoms with Crippen molar-refractivity contribution in [3.63, 3.8) is 0 Å². The first-order chi connectivity index (χ1) is 4.66. The number of ketones is 1. The van der Waals surface area contributed by atoms with E-state index in [1.54, 1.807) is 0 Å². The van der Waals surface area contributed by atoms with Crippen molar-refractivity contribution in [2.75, 3.05) is 0 Å². The van der Waals surface area contributed by atoms with Gasteiger partial charge in [0.05, 0.1) is 0 Å². The van der Waals surface area contributed by atoms with Crippen LogP contribution >= 0.6 is 0 Å². The van der Waals surface area contributed by atoms with Crippen molar-refractivity contribution >= 4 is 11.8 Å². The molecule has 0 saturated heterocycles. The molecule has 0 radical (unpaired) electrons. The van der Waals surface area contributed by atoms with Gasteiger partial charge in [-0.3, -0.25) is 9.59 Å². The summed E-state index contributed by atoms with van der Waals surface area (Å²) in [6, 6.07) is 0. The van der Waals surface area contributed by atoms with Crippen LogP contribution < -0.4 is 5.90 Å². The molecule has 5 nitrogen and oxygen atoms in total. The molecular formula is C5H9NO4. The van der Waals surface area contributed by atoms with Crippen LogP contribution in [0.25, 0.3) is 0 Å². The Morgan fingerprint density at radius 2 is 1.90 bits per heavy atom. The van der Waals surface area contributed by atoms with Crippen molar-refractivity contribution in [2.45, 2.75) is 6.42 Å². The highest BCUT2D eigenvalue weighted by Crippen LogP contribution is 1.81. The molecule has 0 atom stereocenters. The predicted molar refractivity (Wildman–Crippen MR) is 33.4 cm³/mol. The maximum atomic E-state index is 10.1. The summed E-state index contributed by atoms with van der Waals surface area (Å²) in [5.74, 6) is 1.92. The van der Waals surface area contributed by atoms with Crippen LogP contribution in [-0.2, 0) is 9.59 Å². The number of aliphatic carboxylic acids is 1. The van der Waals surface area contributed by atoms with Gasteiger partial charge in [-0.05, 0) is 6.08 Å². The lowest BCUT2D eigenvalue weighted by Crippen LogP contribution is -2.02. The average molecular weight is 147 g/mol. The first-order valence-electron chi connectivity index (χ1n) is 2.29. The normalized spacial score (nSPS) is 7.00. The van der Waals surface area contributed by atoms with Crippen molar-refractivity contribution in [1.29, 1.82) is 0 Å². The SMILES string of the molecule is C=CC(=O)CC(=O)O.NO. The van der Waals surface area contributed by atoms with E-state index in [4.69, 9.17) is 10.3 Å². The first-order valence-corrected chi connectivity index (χ1v) is 2.29. The molecule has 0 spiro atoms. The molecule has 0 amide bonds. The minimum Gasteiger partial charge on any atom is -0.481 e. The van der Waals surface area contributed by atoms with E-state index >= 15 is 0 Å². The summed E-state index contributed by atoms with van der Waals surface area (Å²) in [5.41, 5.74) is 0. The second-order valence-corrected chi connectivity index (χ2v) is 1.24. The molecular weight excluding hydrogens is 138 g/mol. The highest BCUT2D eigenvalue weighted by atomic mass is 16.4. The largest absolute Gasteiger partial charge is 0.481 e. The zero-order valence-corrected chi connectivity index (χ0v) is 5.28. The number of carboxylic acid groups (broad SMARTS) is 1. The molecule has 0 aliphatic rings. The van der Waals surface area contributed by atoms with Crippen molar-refractivity contribution < 1.29 is 19.9 Å². The van der Waals surface area contributed by atoms with Gasteiger partial charge in [0, 0.05) is 0 Å². The molecule has 0 aliphatic heterocycles. The minimum absolute atomic E-state index is 0.455. The van der Waals surface area contributed by atoms with Gasteiger partial charge < -0.3 is 10.3 Å². The number of nitrogens with two attached hydrogens (primary N) is 1. The Morgan fingerprint density at radius 3 is 2.00 bits per heavy atom. The summed E-state index contributed by atoms with van der Waals surface area (Å²) in [4.78, 5) is 19.8. The fourth-order valence-corrected chi connectivity index (χ4v) is 0.221. The maximum absolute atomic E-state index is 10.1. The smallest absolute Gasteiger partial charge is 0.311 e. The average Bonchev–Trinajstić information content (AvgIpc) is 1.91. The van der Waals surface area contributed by atoms with Gasteiger partial charge in [0.1, 0.15) is 6.42 Å². The zero-order chi connectivity index (χ0) is 8.57. The van der Waals surface area contributed by atoms with Crippen LogP contribution in [0.1, 0.15) is 6.42 Å². The summed E-state index contributed by atoms with van der Waals surface area (Å²) in [6.07, 6.45) is 0.539. The topological polar surface area (TPSA) is 101 Å². The van der Waals surface area contributed by atoms with E-state index in [1.807, 2.05) is 0 Å². The molecule has 0 aromatic heterocycles. The van der Waals surface area contributed by atoms with Crippen LogP contribution in [0.3, 0.4) is 0 Å². The molecule has 0 fully saturated rings. The zero-order valence-electron chi connectivity index (χ0n) is 5.28. The molecule has 0 saturated carbocycles. The molecule has 0 aromatic rings. The minimum atomic E-state index is -1.12. The molecule has 4 N–H and O–H groups in total. The lowest BCUT2D eigenvalue weighted by molar-refractivity contribution is -0.139. The number of carbonyl (C=O) groups is 2. The number of allylic oxidation sites excluding steroid dienone is 1. The number of carbonyl (C=O) groups excluding carboxylic acids is 1. The van der Waals surface area contributed by atoms with Gasteiger partial charge in [0.2, 0.25) is 0 Å². The summed E-state index contributed by atoms with van der Waals surface area (Å²) in [6.45, 7) is 3.10. The second-order valence-electron chi connectivity index (χ2n) is 1.24. The van der Waals surface area contributed by atoms with Crippen LogP contribution in [0, 0.1) is 0 Å². The van der Waals surface area contributed by atoms with Crippen LogP contribution in [0.2, 0.25) is 0 Å². The summed E-state index contributed by atoms with van der Waals surface area (Å²) in [7, 11) is 0. The van der Waals surface area contributed by atoms with E-state index in [0.29, 0.717) is 0 Å². The van der Waals surface area contributed by atoms with Crippen LogP contribution in [0.4, 0.5) is 0 Å². The number of rotatable bonds is 3. The fourth-order valence-electron chi connectivity index (χ4n) is 0.221. The van der Waals surface area contributed by atoms with E-state index in [1.165, 1.54) is 0 Å². The van der Waals surface area contributed by atoms with E-state index in [9.17, 15) is 9.59 Å². The molecule has 0 aliphatic carbocycles. The lowest BCUT2D eigenvalue weighted by Gasteiger charge is -1.82. The Morgan fingerprint density at radius 1 is 1.50 bits per heavy atom. The van der Waals surface area contributed by atoms with Gasteiger partial charge in [-0.2, -0.15) is 0 Å². The highest BCUT2D eigenvalue weighted by Gasteiger charge is 2.00. The Kier molecular flexibility index (Phi) is 9.03. The Bertz CT molecular complexity index is 132. The number of hydrogen-bond donors (Lipinski definition) is 3. The molecule has 0 unspecified atom stereocenters. The Hall–Kier alpha value is -1.20. The molecule has 58 valence electrons. The molecule has 10 heavy (non-hydrogen) atoms. The van der Waals surface area contributed by atoms with Gasteiger partial charge in [0.25, 0.3) is 0 Å². The van der Waals surface area contributed by atoms with E-state index < -0.39 is 18.2 Å². The molecule has 0 aromatic carbocycles. The van der Waals surface area contributed by atoms with Crippen LogP contribution in [-0.4, -0.2) is 22.1 Å². The second kappa shape index (κ2) is 7.80. The third kappa shape index (κ3) is 9.93. The standard InChI is InChI=1S/C5H6O3.H3NO/c1-2-4(6)3-5(7)8;1-2/h2H,1,3H2,(H,7,8);2H,1H2. The van der Waals surface area contributed by atoms with Crippen molar-refractivity contribution in [1.82, 2.24) is 0 Å². The number of carboxylic acids is 1. The maximum Gasteiger partial charge on any atom is 0.311 e. The van der Waals surface area contributed by atoms with Gasteiger partial charge in [-0.15, -0.1) is 0 Å². The van der Waals surface area contributed by atoms with Gasteiger partial charge in [-0.1, -0.05) is 6.58 Å². The van der Waals surface area contributed by atoms with E-state index in [2.05, 4.69) is 12.5 Å². The van der Waals surface area contributed by atoms with Crippen molar-refractivity contribution in [3.8, 4) is 0 Å². The lowest BCUT2D eigenvalue weighted by atomic mass is 10.3. The predicted octanol–water partition coefficient (Wildman–Crippen LogP) is -0.450. The third-order valence-corrected chi connectivity index (χ3v) is 0.553. The monoisotopic (exact) mass is 147 g/mol. The van der Waals surface area contributed by atoms with Gasteiger partial charge in [-0.25, -0.2) is 5.90 Å². The molecule has 0 bridgehead atoms. The molecule has 0 heterocycles. The third-order valence-electron chi connectivity index (χ3n) is 0.553. The fraction of sp³-hybridized carbons (Fsp3) is 0.200. The van der Waals surface area contributed by atoms with Gasteiger partial charge >= 0.3 is 5.97 Å².